The molecule has 0 spiro atoms. The molecular weight excluding hydrogens is 274 g/mol. The molecule has 1 fully saturated rings. The normalized spacial score (nSPS) is 25.6. The summed E-state index contributed by atoms with van der Waals surface area (Å²) in [7, 11) is 1.26. The van der Waals surface area contributed by atoms with E-state index in [4.69, 9.17) is 9.47 Å². The van der Waals surface area contributed by atoms with Crippen molar-refractivity contribution in [3.8, 4) is 0 Å². The van der Waals surface area contributed by atoms with Crippen LogP contribution in [0.15, 0.2) is 12.2 Å². The molecule has 3 atom stereocenters. The Hall–Kier alpha value is -1.56. The maximum Gasteiger partial charge on any atom is 0.411 e. The highest BCUT2D eigenvalue weighted by Gasteiger charge is 2.49. The van der Waals surface area contributed by atoms with Gasteiger partial charge < -0.3 is 14.6 Å². The average molecular weight is 299 g/mol. The minimum atomic E-state index is -0.850. The highest BCUT2D eigenvalue weighted by atomic mass is 16.6. The van der Waals surface area contributed by atoms with Crippen LogP contribution in [0.2, 0.25) is 0 Å². The molecule has 0 aromatic heterocycles. The van der Waals surface area contributed by atoms with Crippen molar-refractivity contribution in [1.82, 2.24) is 4.90 Å². The molecule has 0 aromatic rings. The van der Waals surface area contributed by atoms with Crippen molar-refractivity contribution in [2.45, 2.75) is 39.3 Å². The van der Waals surface area contributed by atoms with Gasteiger partial charge in [0.05, 0.1) is 7.11 Å². The fraction of sp³-hybridized carbons (Fsp3) is 0.733. The van der Waals surface area contributed by atoms with Crippen LogP contribution >= 0.6 is 0 Å². The zero-order valence-corrected chi connectivity index (χ0v) is 13.4. The van der Waals surface area contributed by atoms with E-state index in [1.165, 1.54) is 12.0 Å². The van der Waals surface area contributed by atoms with E-state index in [0.29, 0.717) is 0 Å². The molecule has 0 aromatic carbocycles. The van der Waals surface area contributed by atoms with Crippen LogP contribution in [0, 0.1) is 11.8 Å². The third-order valence-corrected chi connectivity index (χ3v) is 3.57. The summed E-state index contributed by atoms with van der Waals surface area (Å²) >= 11 is 0. The number of carbonyl (C=O) groups excluding carboxylic acids is 2. The van der Waals surface area contributed by atoms with Crippen molar-refractivity contribution in [1.29, 1.82) is 0 Å². The van der Waals surface area contributed by atoms with Crippen molar-refractivity contribution in [2.75, 3.05) is 20.3 Å². The van der Waals surface area contributed by atoms with Crippen LogP contribution in [0.25, 0.3) is 0 Å². The zero-order valence-electron chi connectivity index (χ0n) is 13.4. The molecule has 1 rings (SSSR count). The first-order valence-electron chi connectivity index (χ1n) is 6.96. The Bertz CT molecular complexity index is 426. The van der Waals surface area contributed by atoms with Crippen molar-refractivity contribution in [3.63, 3.8) is 0 Å². The van der Waals surface area contributed by atoms with Gasteiger partial charge in [-0.3, -0.25) is 4.90 Å². The monoisotopic (exact) mass is 299 g/mol. The molecule has 1 amide bonds. The lowest BCUT2D eigenvalue weighted by molar-refractivity contribution is -0.147. The minimum Gasteiger partial charge on any atom is -0.467 e. The predicted octanol–water partition coefficient (Wildman–Crippen LogP) is 1.58. The van der Waals surface area contributed by atoms with Gasteiger partial charge in [0.15, 0.2) is 0 Å². The van der Waals surface area contributed by atoms with Gasteiger partial charge in [-0.1, -0.05) is 12.2 Å². The first kappa shape index (κ1) is 17.5. The quantitative estimate of drug-likeness (QED) is 0.632. The number of methoxy groups -OCH3 is 1. The van der Waals surface area contributed by atoms with Crippen molar-refractivity contribution >= 4 is 12.1 Å². The van der Waals surface area contributed by atoms with Gasteiger partial charge in [-0.25, -0.2) is 9.59 Å². The number of hydrogen-bond donors (Lipinski definition) is 1. The molecule has 6 heteroatoms. The summed E-state index contributed by atoms with van der Waals surface area (Å²) in [5, 5.41) is 9.60. The zero-order chi connectivity index (χ0) is 16.4. The number of likely N-dealkylation sites (tertiary alicyclic amines) is 1. The number of hydrogen-bond acceptors (Lipinski definition) is 5. The molecule has 1 saturated heterocycles. The molecule has 1 heterocycles. The fourth-order valence-electron chi connectivity index (χ4n) is 2.59. The summed E-state index contributed by atoms with van der Waals surface area (Å²) in [6.45, 7) is 11.0. The molecule has 1 N–H and O–H groups in total. The van der Waals surface area contributed by atoms with E-state index in [1.54, 1.807) is 20.8 Å². The molecule has 0 aliphatic carbocycles. The van der Waals surface area contributed by atoms with E-state index in [1.807, 2.05) is 6.92 Å². The number of aliphatic hydroxyl groups excluding tert-OH is 1. The maximum absolute atomic E-state index is 12.3. The number of amides is 1. The number of rotatable bonds is 3. The number of ether oxygens (including phenoxy) is 2. The summed E-state index contributed by atoms with van der Waals surface area (Å²) < 4.78 is 10.1. The SMILES string of the molecule is C=C(C)[C@H]1CN(C(=O)OC(C)(C)C)[C@H](C(=O)OC)[C@H]1CO. The van der Waals surface area contributed by atoms with Crippen LogP contribution < -0.4 is 0 Å². The number of esters is 1. The van der Waals surface area contributed by atoms with Gasteiger partial charge in [0.1, 0.15) is 11.6 Å². The molecule has 0 bridgehead atoms. The third-order valence-electron chi connectivity index (χ3n) is 3.57. The summed E-state index contributed by atoms with van der Waals surface area (Å²) in [6, 6.07) is -0.850. The first-order valence-corrected chi connectivity index (χ1v) is 6.96. The van der Waals surface area contributed by atoms with Crippen LogP contribution in [-0.2, 0) is 14.3 Å². The number of aliphatic hydroxyl groups is 1. The van der Waals surface area contributed by atoms with E-state index in [9.17, 15) is 14.7 Å². The molecule has 0 radical (unpaired) electrons. The smallest absolute Gasteiger partial charge is 0.411 e. The van der Waals surface area contributed by atoms with Gasteiger partial charge in [-0.15, -0.1) is 0 Å². The van der Waals surface area contributed by atoms with E-state index >= 15 is 0 Å². The second kappa shape index (κ2) is 6.47. The van der Waals surface area contributed by atoms with Crippen LogP contribution in [0.3, 0.4) is 0 Å². The highest BCUT2D eigenvalue weighted by molar-refractivity contribution is 5.83. The minimum absolute atomic E-state index is 0.161. The van der Waals surface area contributed by atoms with E-state index in [0.717, 1.165) is 5.57 Å². The maximum atomic E-state index is 12.3. The Morgan fingerprint density at radius 2 is 1.95 bits per heavy atom. The third kappa shape index (κ3) is 3.97. The summed E-state index contributed by atoms with van der Waals surface area (Å²) in [5.74, 6) is -1.14. The summed E-state index contributed by atoms with van der Waals surface area (Å²) in [5.41, 5.74) is 0.155. The summed E-state index contributed by atoms with van der Waals surface area (Å²) in [4.78, 5) is 25.7. The lowest BCUT2D eigenvalue weighted by Crippen LogP contribution is -2.46. The Labute approximate surface area is 125 Å². The Morgan fingerprint density at radius 1 is 1.38 bits per heavy atom. The molecule has 0 saturated carbocycles. The van der Waals surface area contributed by atoms with Crippen LogP contribution in [0.1, 0.15) is 27.7 Å². The Morgan fingerprint density at radius 3 is 2.33 bits per heavy atom. The summed E-state index contributed by atoms with van der Waals surface area (Å²) in [6.07, 6.45) is -0.583. The van der Waals surface area contributed by atoms with Gasteiger partial charge in [0, 0.05) is 25.0 Å². The predicted molar refractivity (Wildman–Crippen MR) is 77.6 cm³/mol. The second-order valence-corrected chi connectivity index (χ2v) is 6.40. The van der Waals surface area contributed by atoms with E-state index < -0.39 is 29.6 Å². The molecule has 1 aliphatic heterocycles. The molecule has 6 nitrogen and oxygen atoms in total. The van der Waals surface area contributed by atoms with Gasteiger partial charge in [-0.05, 0) is 27.7 Å². The van der Waals surface area contributed by atoms with E-state index in [-0.39, 0.29) is 19.1 Å². The number of nitrogens with zero attached hydrogens (tertiary/aromatic N) is 1. The van der Waals surface area contributed by atoms with E-state index in [2.05, 4.69) is 6.58 Å². The van der Waals surface area contributed by atoms with Crippen molar-refractivity contribution in [3.05, 3.63) is 12.2 Å². The second-order valence-electron chi connectivity index (χ2n) is 6.40. The fourth-order valence-corrected chi connectivity index (χ4v) is 2.59. The number of carbonyl (C=O) groups is 2. The van der Waals surface area contributed by atoms with Crippen LogP contribution in [-0.4, -0.2) is 54.0 Å². The standard InChI is InChI=1S/C15H25NO5/c1-9(2)10-7-16(14(19)21-15(3,4)5)12(11(10)8-17)13(18)20-6/h10-12,17H,1,7-8H2,2-6H3/t10-,11+,12+/m1/s1. The largest absolute Gasteiger partial charge is 0.467 e. The molecule has 120 valence electrons. The molecule has 21 heavy (non-hydrogen) atoms. The van der Waals surface area contributed by atoms with Gasteiger partial charge in [0.2, 0.25) is 0 Å². The average Bonchev–Trinajstić information content (AvgIpc) is 2.75. The molecule has 1 aliphatic rings. The van der Waals surface area contributed by atoms with Crippen LogP contribution in [0.5, 0.6) is 0 Å². The van der Waals surface area contributed by atoms with Crippen molar-refractivity contribution < 1.29 is 24.2 Å². The van der Waals surface area contributed by atoms with Crippen LogP contribution in [0.4, 0.5) is 4.79 Å². The molecule has 0 unspecified atom stereocenters. The lowest BCUT2D eigenvalue weighted by atomic mass is 9.87. The van der Waals surface area contributed by atoms with Gasteiger partial charge in [-0.2, -0.15) is 0 Å². The molecular formula is C15H25NO5. The van der Waals surface area contributed by atoms with Gasteiger partial charge >= 0.3 is 12.1 Å². The lowest BCUT2D eigenvalue weighted by Gasteiger charge is -2.28. The van der Waals surface area contributed by atoms with Crippen molar-refractivity contribution in [2.24, 2.45) is 11.8 Å². The topological polar surface area (TPSA) is 76.1 Å². The van der Waals surface area contributed by atoms with Gasteiger partial charge in [0.25, 0.3) is 0 Å². The Kier molecular flexibility index (Phi) is 5.39. The first-order chi connectivity index (χ1) is 9.62. The Balaban J connectivity index is 3.07. The highest BCUT2D eigenvalue weighted by Crippen LogP contribution is 2.35.